The van der Waals surface area contributed by atoms with Crippen LogP contribution in [0.15, 0.2) is 83.7 Å². The lowest BCUT2D eigenvalue weighted by Crippen LogP contribution is -3.00. The molecule has 1 aliphatic carbocycles. The van der Waals surface area contributed by atoms with E-state index in [0.29, 0.717) is 12.0 Å². The van der Waals surface area contributed by atoms with E-state index in [1.807, 2.05) is 78.9 Å². The van der Waals surface area contributed by atoms with Crippen molar-refractivity contribution in [1.29, 1.82) is 0 Å². The van der Waals surface area contributed by atoms with Crippen molar-refractivity contribution >= 4 is 28.3 Å². The Morgan fingerprint density at radius 2 is 1.57 bits per heavy atom. The number of carbonyl (C=O) groups is 1. The van der Waals surface area contributed by atoms with Crippen molar-refractivity contribution in [3.63, 3.8) is 0 Å². The van der Waals surface area contributed by atoms with Crippen LogP contribution in [0.4, 0.5) is 0 Å². The third-order valence-corrected chi connectivity index (χ3v) is 11.2. The van der Waals surface area contributed by atoms with Gasteiger partial charge in [-0.15, -0.1) is 0 Å². The quantitative estimate of drug-likeness (QED) is 0.228. The smallest absolute Gasteiger partial charge is 0.343 e. The molecule has 3 heterocycles. The lowest BCUT2D eigenvalue weighted by molar-refractivity contribution is -0.879. The van der Waals surface area contributed by atoms with E-state index < -0.39 is 11.6 Å². The lowest BCUT2D eigenvalue weighted by atomic mass is 9.80. The maximum atomic E-state index is 13.1. The molecule has 1 saturated carbocycles. The fraction of sp³-hybridized carbons (Fsp3) is 0.488. The van der Waals surface area contributed by atoms with Crippen LogP contribution in [0.3, 0.4) is 0 Å². The van der Waals surface area contributed by atoms with Crippen molar-refractivity contribution in [2.75, 3.05) is 47.3 Å². The van der Waals surface area contributed by atoms with Gasteiger partial charge in [-0.2, -0.15) is 5.10 Å². The van der Waals surface area contributed by atoms with Gasteiger partial charge in [-0.25, -0.2) is 9.48 Å². The van der Waals surface area contributed by atoms with Crippen LogP contribution in [0.5, 0.6) is 0 Å². The zero-order valence-electron chi connectivity index (χ0n) is 30.1. The number of carbonyl (C=O) groups excluding carboxylic acids is 1. The number of likely N-dealkylation sites (tertiary alicyclic amines) is 2. The molecule has 1 N–H and O–H groups in total. The highest BCUT2D eigenvalue weighted by molar-refractivity contribution is 6.30. The fourth-order valence-corrected chi connectivity index (χ4v) is 8.16. The number of ether oxygens (including phenoxy) is 1. The molecule has 3 atom stereocenters. The first-order chi connectivity index (χ1) is 24.0. The van der Waals surface area contributed by atoms with Gasteiger partial charge in [0.15, 0.2) is 11.7 Å². The number of quaternary nitrogens is 1. The van der Waals surface area contributed by atoms with Gasteiger partial charge in [0.25, 0.3) is 5.56 Å². The van der Waals surface area contributed by atoms with Gasteiger partial charge < -0.3 is 36.2 Å². The van der Waals surface area contributed by atoms with Crippen LogP contribution in [-0.4, -0.2) is 83.7 Å². The predicted molar refractivity (Wildman–Crippen MR) is 199 cm³/mol. The van der Waals surface area contributed by atoms with E-state index >= 15 is 0 Å². The van der Waals surface area contributed by atoms with Crippen molar-refractivity contribution in [2.24, 2.45) is 5.92 Å². The normalized spacial score (nSPS) is 21.9. The maximum absolute atomic E-state index is 13.1. The minimum absolute atomic E-state index is 0. The Kier molecular flexibility index (Phi) is 13.2. The number of likely N-dealkylation sites (N-methyl/N-ethyl adjacent to an activating group) is 1. The summed E-state index contributed by atoms with van der Waals surface area (Å²) in [5, 5.41) is 18.7. The van der Waals surface area contributed by atoms with Gasteiger partial charge in [-0.3, -0.25) is 4.79 Å². The number of halogens is 2. The molecule has 0 bridgehead atoms. The molecule has 1 unspecified atom stereocenters. The van der Waals surface area contributed by atoms with Crippen LogP contribution in [0.2, 0.25) is 5.02 Å². The summed E-state index contributed by atoms with van der Waals surface area (Å²) in [7, 11) is 6.44. The number of rotatable bonds is 7. The van der Waals surface area contributed by atoms with Gasteiger partial charge in [-0.1, -0.05) is 85.1 Å². The van der Waals surface area contributed by atoms with Gasteiger partial charge in [0.05, 0.1) is 37.8 Å². The number of aliphatic hydroxyl groups is 1. The Bertz CT molecular complexity index is 1810. The molecular formula is C41H52BrClN4O4. The van der Waals surface area contributed by atoms with E-state index in [4.69, 9.17) is 21.4 Å². The Morgan fingerprint density at radius 1 is 0.902 bits per heavy atom. The predicted octanol–water partition coefficient (Wildman–Crippen LogP) is 3.76. The Labute approximate surface area is 317 Å². The summed E-state index contributed by atoms with van der Waals surface area (Å²) in [5.74, 6) is -0.496. The third-order valence-electron chi connectivity index (χ3n) is 11.0. The molecule has 3 aromatic carbocycles. The summed E-state index contributed by atoms with van der Waals surface area (Å²) >= 11 is 6.02. The topological polar surface area (TPSA) is 84.7 Å². The van der Waals surface area contributed by atoms with Gasteiger partial charge >= 0.3 is 5.97 Å². The Morgan fingerprint density at radius 3 is 2.24 bits per heavy atom. The Hall–Kier alpha value is -3.08. The molecule has 8 nitrogen and oxygen atoms in total. The molecule has 3 fully saturated rings. The molecule has 0 amide bonds. The molecular weight excluding hydrogens is 728 g/mol. The molecule has 2 aliphatic heterocycles. The summed E-state index contributed by atoms with van der Waals surface area (Å²) in [6.45, 7) is 3.90. The first-order valence-corrected chi connectivity index (χ1v) is 18.7. The molecule has 4 aromatic rings. The maximum Gasteiger partial charge on any atom is 0.343 e. The molecule has 0 radical (unpaired) electrons. The van der Waals surface area contributed by atoms with E-state index in [1.165, 1.54) is 0 Å². The number of nitrogens with zero attached hydrogens (tertiary/aromatic N) is 4. The zero-order chi connectivity index (χ0) is 35.3. The number of benzene rings is 3. The minimum Gasteiger partial charge on any atom is -1.00 e. The van der Waals surface area contributed by atoms with Gasteiger partial charge in [-0.05, 0) is 81.6 Å². The highest BCUT2D eigenvalue weighted by atomic mass is 79.9. The zero-order valence-corrected chi connectivity index (χ0v) is 32.5. The summed E-state index contributed by atoms with van der Waals surface area (Å²) in [6.07, 6.45) is 8.42. The first-order valence-electron chi connectivity index (χ1n) is 18.3. The van der Waals surface area contributed by atoms with E-state index in [0.717, 1.165) is 109 Å². The van der Waals surface area contributed by atoms with Gasteiger partial charge in [0, 0.05) is 29.2 Å². The molecule has 1 aromatic heterocycles. The molecule has 3 aliphatic rings. The van der Waals surface area contributed by atoms with Crippen LogP contribution in [0, 0.1) is 5.92 Å². The summed E-state index contributed by atoms with van der Waals surface area (Å²) in [6, 6.07) is 25.2. The summed E-state index contributed by atoms with van der Waals surface area (Å²) < 4.78 is 8.40. The molecule has 10 heteroatoms. The number of hydrogen-bond donors (Lipinski definition) is 1. The number of esters is 1. The summed E-state index contributed by atoms with van der Waals surface area (Å²) in [4.78, 5) is 28.4. The molecule has 274 valence electrons. The third kappa shape index (κ3) is 9.30. The largest absolute Gasteiger partial charge is 1.00 e. The van der Waals surface area contributed by atoms with Crippen molar-refractivity contribution in [3.05, 3.63) is 111 Å². The van der Waals surface area contributed by atoms with Crippen LogP contribution in [0.25, 0.3) is 10.8 Å². The minimum atomic E-state index is -1.50. The van der Waals surface area contributed by atoms with Crippen molar-refractivity contribution in [1.82, 2.24) is 14.7 Å². The molecule has 7 rings (SSSR count). The van der Waals surface area contributed by atoms with Crippen molar-refractivity contribution in [2.45, 2.75) is 75.5 Å². The van der Waals surface area contributed by atoms with Crippen LogP contribution < -0.4 is 22.5 Å². The van der Waals surface area contributed by atoms with E-state index in [-0.39, 0.29) is 40.6 Å². The fourth-order valence-electron chi connectivity index (χ4n) is 8.04. The van der Waals surface area contributed by atoms with Crippen molar-refractivity contribution in [3.8, 4) is 0 Å². The Balaban J connectivity index is 0.000000196. The van der Waals surface area contributed by atoms with Crippen LogP contribution in [0.1, 0.15) is 74.2 Å². The number of aromatic nitrogens is 2. The average Bonchev–Trinajstić information content (AvgIpc) is 3.73. The average molecular weight is 780 g/mol. The summed E-state index contributed by atoms with van der Waals surface area (Å²) in [5.41, 5.74) is 1.29. The lowest BCUT2D eigenvalue weighted by Gasteiger charge is -2.33. The highest BCUT2D eigenvalue weighted by Gasteiger charge is 2.49. The molecule has 51 heavy (non-hydrogen) atoms. The second-order valence-corrected chi connectivity index (χ2v) is 15.6. The highest BCUT2D eigenvalue weighted by Crippen LogP contribution is 2.42. The van der Waals surface area contributed by atoms with Gasteiger partial charge in [0.2, 0.25) is 0 Å². The SMILES string of the molecule is CN1CCCC(n2nc(Cc3ccc(Cl)cc3)c3ccccc3c2=O)CC1.C[N+]1(C)CC[C@@H](OC(=O)[C@](O)(c2ccccc2)C2CCCC2)C1.[Br-]. The van der Waals surface area contributed by atoms with Crippen LogP contribution >= 0.6 is 11.6 Å². The number of hydrogen-bond acceptors (Lipinski definition) is 6. The second kappa shape index (κ2) is 17.2. The van der Waals surface area contributed by atoms with E-state index in [2.05, 4.69) is 26.0 Å². The van der Waals surface area contributed by atoms with Crippen molar-refractivity contribution < 1.29 is 36.1 Å². The van der Waals surface area contributed by atoms with E-state index in [1.54, 1.807) is 4.68 Å². The van der Waals surface area contributed by atoms with Crippen LogP contribution in [-0.2, 0) is 21.6 Å². The molecule has 0 spiro atoms. The van der Waals surface area contributed by atoms with E-state index in [9.17, 15) is 14.7 Å². The molecule has 2 saturated heterocycles. The monoisotopic (exact) mass is 778 g/mol. The number of fused-ring (bicyclic) bond motifs is 1. The first kappa shape index (κ1) is 39.1. The second-order valence-electron chi connectivity index (χ2n) is 15.2. The standard InChI is InChI=1S/C22H24ClN3O.C19H28NO3.BrH/c1-25-13-4-5-18(12-14-25)26-22(27)20-7-3-2-6-19(20)21(24-26)15-16-8-10-17(23)11-9-16;1-20(2)13-12-17(14-20)23-18(21)19(22,16-10-6-7-11-16)15-8-4-3-5-9-15;/h2-3,6-11,18H,4-5,12-15H2,1H3;3-5,8-9,16-17,22H,6-7,10-14H2,1-2H3;1H/q;+1;/p-1/t;17-,19+;/m.1./s1. The van der Waals surface area contributed by atoms with Gasteiger partial charge in [0.1, 0.15) is 6.54 Å².